The highest BCUT2D eigenvalue weighted by Gasteiger charge is 1.95. The zero-order valence-corrected chi connectivity index (χ0v) is 7.90. The molecule has 0 saturated heterocycles. The highest BCUT2D eigenvalue weighted by atomic mass is 16.2. The van der Waals surface area contributed by atoms with Crippen LogP contribution < -0.4 is 5.73 Å². The third-order valence-corrected chi connectivity index (χ3v) is 1.80. The summed E-state index contributed by atoms with van der Waals surface area (Å²) in [5, 5.41) is 15.8. The van der Waals surface area contributed by atoms with E-state index in [0.717, 1.165) is 11.1 Å². The van der Waals surface area contributed by atoms with Gasteiger partial charge in [0.1, 0.15) is 5.84 Å². The van der Waals surface area contributed by atoms with Crippen molar-refractivity contribution in [2.24, 2.45) is 5.73 Å². The second kappa shape index (κ2) is 5.19. The lowest BCUT2D eigenvalue weighted by Crippen LogP contribution is -2.10. The fourth-order valence-corrected chi connectivity index (χ4v) is 1.10. The van der Waals surface area contributed by atoms with Gasteiger partial charge in [-0.25, -0.2) is 0 Å². The van der Waals surface area contributed by atoms with Gasteiger partial charge >= 0.3 is 0 Å². The van der Waals surface area contributed by atoms with E-state index in [-0.39, 0.29) is 12.4 Å². The minimum atomic E-state index is 0.0717. The van der Waals surface area contributed by atoms with E-state index in [1.165, 1.54) is 0 Å². The molecule has 0 heterocycles. The van der Waals surface area contributed by atoms with Gasteiger partial charge in [0.05, 0.1) is 0 Å². The van der Waals surface area contributed by atoms with Gasteiger partial charge in [0.2, 0.25) is 0 Å². The fraction of sp³-hybridized carbons (Fsp3) is 0.182. The van der Waals surface area contributed by atoms with E-state index in [2.05, 4.69) is 0 Å². The van der Waals surface area contributed by atoms with E-state index in [9.17, 15) is 0 Å². The van der Waals surface area contributed by atoms with Gasteiger partial charge in [-0.15, -0.1) is 0 Å². The molecule has 0 saturated carbocycles. The first-order chi connectivity index (χ1) is 6.74. The van der Waals surface area contributed by atoms with Gasteiger partial charge in [-0.05, 0) is 18.1 Å². The molecular formula is C11H14N2O. The van der Waals surface area contributed by atoms with E-state index >= 15 is 0 Å². The summed E-state index contributed by atoms with van der Waals surface area (Å²) in [6.07, 6.45) is 4.44. The molecule has 0 aliphatic rings. The molecule has 0 amide bonds. The van der Waals surface area contributed by atoms with Crippen LogP contribution in [0, 0.1) is 5.41 Å². The Morgan fingerprint density at radius 1 is 1.50 bits per heavy atom. The number of amidine groups is 1. The smallest absolute Gasteiger partial charge is 0.122 e. The molecule has 0 aromatic heterocycles. The van der Waals surface area contributed by atoms with Crippen LogP contribution in [0.2, 0.25) is 0 Å². The van der Waals surface area contributed by atoms with Crippen molar-refractivity contribution in [2.45, 2.75) is 6.42 Å². The maximum absolute atomic E-state index is 8.58. The van der Waals surface area contributed by atoms with E-state index in [0.29, 0.717) is 6.42 Å². The summed E-state index contributed by atoms with van der Waals surface area (Å²) < 4.78 is 0. The van der Waals surface area contributed by atoms with Gasteiger partial charge in [-0.1, -0.05) is 30.4 Å². The predicted octanol–water partition coefficient (Wildman–Crippen LogP) is 1.37. The van der Waals surface area contributed by atoms with Crippen LogP contribution in [0.25, 0.3) is 6.08 Å². The maximum atomic E-state index is 8.58. The van der Waals surface area contributed by atoms with Crippen molar-refractivity contribution in [2.75, 3.05) is 6.61 Å². The van der Waals surface area contributed by atoms with Crippen LogP contribution in [0.15, 0.2) is 30.3 Å². The molecule has 0 aliphatic heterocycles. The summed E-state index contributed by atoms with van der Waals surface area (Å²) in [6.45, 7) is 0.156. The molecule has 1 rings (SSSR count). The number of nitrogens with two attached hydrogens (primary N) is 1. The molecule has 0 unspecified atom stereocenters. The Balaban J connectivity index is 2.78. The van der Waals surface area contributed by atoms with Gasteiger partial charge in [-0.2, -0.15) is 0 Å². The van der Waals surface area contributed by atoms with Crippen LogP contribution >= 0.6 is 0 Å². The van der Waals surface area contributed by atoms with Gasteiger partial charge in [0.25, 0.3) is 0 Å². The quantitative estimate of drug-likeness (QED) is 0.495. The molecule has 14 heavy (non-hydrogen) atoms. The van der Waals surface area contributed by atoms with E-state index in [4.69, 9.17) is 16.2 Å². The Hall–Kier alpha value is -1.61. The predicted molar refractivity (Wildman–Crippen MR) is 58.2 cm³/mol. The number of nitrogens with one attached hydrogen (secondary N) is 1. The maximum Gasteiger partial charge on any atom is 0.122 e. The Bertz CT molecular complexity index is 345. The van der Waals surface area contributed by atoms with Crippen molar-refractivity contribution in [3.8, 4) is 0 Å². The number of hydrogen-bond donors (Lipinski definition) is 3. The lowest BCUT2D eigenvalue weighted by Gasteiger charge is -1.99. The zero-order valence-electron chi connectivity index (χ0n) is 7.90. The van der Waals surface area contributed by atoms with Crippen molar-refractivity contribution in [1.29, 1.82) is 5.41 Å². The van der Waals surface area contributed by atoms with Crippen molar-refractivity contribution in [3.63, 3.8) is 0 Å². The molecule has 0 bridgehead atoms. The molecule has 0 aliphatic carbocycles. The molecule has 0 fully saturated rings. The molecule has 1 aromatic rings. The Morgan fingerprint density at radius 2 is 2.29 bits per heavy atom. The number of nitrogen functional groups attached to an aromatic ring is 1. The highest BCUT2D eigenvalue weighted by molar-refractivity contribution is 5.95. The molecule has 74 valence electrons. The van der Waals surface area contributed by atoms with Gasteiger partial charge in [0, 0.05) is 12.2 Å². The molecule has 0 radical (unpaired) electrons. The van der Waals surface area contributed by atoms with Crippen molar-refractivity contribution >= 4 is 11.9 Å². The van der Waals surface area contributed by atoms with E-state index in [1.807, 2.05) is 30.4 Å². The van der Waals surface area contributed by atoms with Crippen LogP contribution in [0.5, 0.6) is 0 Å². The van der Waals surface area contributed by atoms with Gasteiger partial charge in [0.15, 0.2) is 0 Å². The van der Waals surface area contributed by atoms with E-state index in [1.54, 1.807) is 6.07 Å². The molecular weight excluding hydrogens is 176 g/mol. The molecule has 4 N–H and O–H groups in total. The summed E-state index contributed by atoms with van der Waals surface area (Å²) in [4.78, 5) is 0. The second-order valence-corrected chi connectivity index (χ2v) is 2.95. The highest BCUT2D eigenvalue weighted by Crippen LogP contribution is 2.06. The molecule has 1 aromatic carbocycles. The summed E-state index contributed by atoms with van der Waals surface area (Å²) in [5.41, 5.74) is 7.07. The number of benzene rings is 1. The van der Waals surface area contributed by atoms with Crippen LogP contribution in [0.3, 0.4) is 0 Å². The first kappa shape index (κ1) is 10.5. The monoisotopic (exact) mass is 190 g/mol. The van der Waals surface area contributed by atoms with Crippen molar-refractivity contribution in [3.05, 3.63) is 41.5 Å². The largest absolute Gasteiger partial charge is 0.396 e. The summed E-state index contributed by atoms with van der Waals surface area (Å²) in [7, 11) is 0. The number of hydrogen-bond acceptors (Lipinski definition) is 2. The lowest BCUT2D eigenvalue weighted by molar-refractivity contribution is 0.303. The Kier molecular flexibility index (Phi) is 3.88. The van der Waals surface area contributed by atoms with E-state index < -0.39 is 0 Å². The van der Waals surface area contributed by atoms with Crippen LogP contribution in [0.1, 0.15) is 17.5 Å². The van der Waals surface area contributed by atoms with Crippen LogP contribution in [-0.2, 0) is 0 Å². The van der Waals surface area contributed by atoms with Crippen molar-refractivity contribution in [1.82, 2.24) is 0 Å². The second-order valence-electron chi connectivity index (χ2n) is 2.95. The molecule has 3 heteroatoms. The van der Waals surface area contributed by atoms with Crippen LogP contribution in [-0.4, -0.2) is 17.5 Å². The van der Waals surface area contributed by atoms with Crippen LogP contribution in [0.4, 0.5) is 0 Å². The fourth-order valence-electron chi connectivity index (χ4n) is 1.10. The van der Waals surface area contributed by atoms with Crippen molar-refractivity contribution < 1.29 is 5.11 Å². The first-order valence-corrected chi connectivity index (χ1v) is 4.46. The normalized spacial score (nSPS) is 10.6. The Morgan fingerprint density at radius 3 is 2.93 bits per heavy atom. The third kappa shape index (κ3) is 3.03. The minimum absolute atomic E-state index is 0.0717. The third-order valence-electron chi connectivity index (χ3n) is 1.80. The lowest BCUT2D eigenvalue weighted by atomic mass is 10.1. The average Bonchev–Trinajstić information content (AvgIpc) is 2.19. The molecule has 0 atom stereocenters. The Labute approximate surface area is 83.4 Å². The standard InChI is InChI=1S/C11H14N2O/c12-11(13)10-6-3-5-9(8-10)4-1-2-7-14/h1,3-6,8,14H,2,7H2,(H3,12,13). The zero-order chi connectivity index (χ0) is 10.4. The topological polar surface area (TPSA) is 70.1 Å². The van der Waals surface area contributed by atoms with Gasteiger partial charge < -0.3 is 10.8 Å². The molecule has 3 nitrogen and oxygen atoms in total. The molecule has 0 spiro atoms. The minimum Gasteiger partial charge on any atom is -0.396 e. The first-order valence-electron chi connectivity index (χ1n) is 4.46. The number of aliphatic hydroxyl groups is 1. The summed E-state index contributed by atoms with van der Waals surface area (Å²) in [6, 6.07) is 7.43. The summed E-state index contributed by atoms with van der Waals surface area (Å²) in [5.74, 6) is 0.0717. The van der Waals surface area contributed by atoms with Gasteiger partial charge in [-0.3, -0.25) is 5.41 Å². The number of rotatable bonds is 4. The average molecular weight is 190 g/mol. The number of aliphatic hydroxyl groups excluding tert-OH is 1. The SMILES string of the molecule is N=C(N)c1cccc(C=CCCO)c1. The summed E-state index contributed by atoms with van der Waals surface area (Å²) >= 11 is 0.